The van der Waals surface area contributed by atoms with E-state index in [1.54, 1.807) is 0 Å². The van der Waals surface area contributed by atoms with E-state index >= 15 is 0 Å². The maximum Gasteiger partial charge on any atom is 0.145 e. The first-order valence-corrected chi connectivity index (χ1v) is 43.5. The second kappa shape index (κ2) is 29.2. The van der Waals surface area contributed by atoms with Crippen molar-refractivity contribution in [1.82, 2.24) is 0 Å². The lowest BCUT2D eigenvalue weighted by molar-refractivity contribution is 0.672. The van der Waals surface area contributed by atoms with Crippen LogP contribution in [0.1, 0.15) is 44.5 Å². The van der Waals surface area contributed by atoms with E-state index in [-0.39, 0.29) is 0 Å². The molecule has 0 saturated carbocycles. The predicted molar refractivity (Wildman–Crippen MR) is 527 cm³/mol. The third-order valence-corrected chi connectivity index (χ3v) is 27.0. The molecule has 0 amide bonds. The molecule has 588 valence electrons. The number of benzene rings is 22. The van der Waals surface area contributed by atoms with Crippen LogP contribution in [0.3, 0.4) is 0 Å². The lowest BCUT2D eigenvalue weighted by Crippen LogP contribution is -2.28. The van der Waals surface area contributed by atoms with E-state index in [0.717, 1.165) is 99.5 Å². The maximum absolute atomic E-state index is 6.84. The molecule has 26 rings (SSSR count). The highest BCUT2D eigenvalue weighted by Crippen LogP contribution is 2.62. The monoisotopic (exact) mass is 1600 g/mol. The summed E-state index contributed by atoms with van der Waals surface area (Å²) >= 11 is 0. The molecule has 22 aromatic carbocycles. The molecule has 0 aliphatic heterocycles. The van der Waals surface area contributed by atoms with Crippen LogP contribution in [0.2, 0.25) is 0 Å². The summed E-state index contributed by atoms with van der Waals surface area (Å²) in [4.78, 5) is 4.96. The molecule has 2 aliphatic carbocycles. The van der Waals surface area contributed by atoms with Crippen LogP contribution in [0, 0.1) is 0 Å². The highest BCUT2D eigenvalue weighted by molar-refractivity contribution is 6.24. The Balaban J connectivity index is 0.000000137. The van der Waals surface area contributed by atoms with Crippen molar-refractivity contribution in [3.8, 4) is 44.5 Å². The number of furan rings is 2. The smallest absolute Gasteiger partial charge is 0.145 e. The van der Waals surface area contributed by atoms with Crippen LogP contribution in [0.5, 0.6) is 0 Å². The van der Waals surface area contributed by atoms with Crippen molar-refractivity contribution < 1.29 is 8.83 Å². The van der Waals surface area contributed by atoms with Crippen molar-refractivity contribution in [2.45, 2.75) is 10.8 Å². The summed E-state index contributed by atoms with van der Waals surface area (Å²) in [5.74, 6) is 0. The van der Waals surface area contributed by atoms with Gasteiger partial charge in [-0.1, -0.05) is 394 Å². The quantitative estimate of drug-likeness (QED) is 0.114. The Labute approximate surface area is 729 Å². The van der Waals surface area contributed by atoms with Crippen LogP contribution in [-0.4, -0.2) is 0 Å². The van der Waals surface area contributed by atoms with Crippen molar-refractivity contribution in [3.63, 3.8) is 0 Å². The number of hydrogen-bond acceptors (Lipinski definition) is 4. The van der Waals surface area contributed by atoms with Crippen LogP contribution in [-0.2, 0) is 10.8 Å². The summed E-state index contributed by atoms with van der Waals surface area (Å²) in [6, 6.07) is 173. The molecule has 0 N–H and O–H groups in total. The van der Waals surface area contributed by atoms with Crippen molar-refractivity contribution >= 4 is 143 Å². The number of rotatable bonds is 12. The van der Waals surface area contributed by atoms with Gasteiger partial charge in [0, 0.05) is 44.2 Å². The molecule has 0 spiro atoms. The van der Waals surface area contributed by atoms with Crippen LogP contribution < -0.4 is 9.80 Å². The predicted octanol–water partition coefficient (Wildman–Crippen LogP) is 33.1. The Hall–Kier alpha value is -16.4. The average molecular weight is 1600 g/mol. The molecule has 0 saturated heterocycles. The SMILES string of the molecule is c1ccc(C2(c3ccccc3)c3ccccc3-c3c(N(c4ccc(-c5ccc6c(ccc7ccccc76)c5)cc4)c4cc5ccccc5c5oc6ccccc6c45)cccc32)cc1.c1ccc(C2(c3ccccc3)c3ccccc3-c3ccc(N(c4ccc(-c5cc6ccccc6c6ccccc56)cc4)c4cc5ccccc5c5oc6ccccc6c45)cc32)cc1. The first-order valence-electron chi connectivity index (χ1n) is 43.5. The van der Waals surface area contributed by atoms with Gasteiger partial charge in [-0.3, -0.25) is 0 Å². The van der Waals surface area contributed by atoms with Gasteiger partial charge in [-0.05, 0) is 216 Å². The number of para-hydroxylation sites is 2. The molecule has 0 bridgehead atoms. The normalized spacial score (nSPS) is 12.9. The van der Waals surface area contributed by atoms with Gasteiger partial charge in [-0.2, -0.15) is 0 Å². The highest BCUT2D eigenvalue weighted by Gasteiger charge is 2.49. The number of anilines is 6. The summed E-state index contributed by atoms with van der Waals surface area (Å²) in [7, 11) is 0. The zero-order chi connectivity index (χ0) is 83.0. The Kier molecular flexibility index (Phi) is 16.8. The third-order valence-electron chi connectivity index (χ3n) is 27.0. The van der Waals surface area contributed by atoms with Gasteiger partial charge in [-0.15, -0.1) is 0 Å². The first-order chi connectivity index (χ1) is 62.5. The molecular weight excluding hydrogens is 1530 g/mol. The van der Waals surface area contributed by atoms with Gasteiger partial charge in [0.1, 0.15) is 22.3 Å². The number of hydrogen-bond donors (Lipinski definition) is 0. The van der Waals surface area contributed by atoms with Crippen molar-refractivity contribution in [2.75, 3.05) is 9.80 Å². The fourth-order valence-corrected chi connectivity index (χ4v) is 21.6. The fourth-order valence-electron chi connectivity index (χ4n) is 21.6. The standard InChI is InChI=1S/2C61H39NO/c1-3-18-45(19-4-1)61(46-20-5-2-6-21-46)53-26-13-11-24-51(53)58-54(61)27-15-28-55(58)62(56-39-43-17-8-10-23-50(43)60-59(56)52-25-12-14-29-57(52)63-60)47-35-32-40(33-36-47)42-34-37-49-44(38-42)31-30-41-16-7-9-22-48(41)49;1-3-19-43(20-4-1)61(44-21-5-2-6-22-44)55-29-15-13-27-51(55)52-36-35-46(39-56(52)61)62(57-38-42-18-8-10-24-48(42)60-59(57)53-28-14-16-30-58(53)63-60)45-33-31-40(32-34-45)54-37-41-17-7-9-23-47(41)49-25-11-12-26-50(49)54/h2*1-39H. The minimum Gasteiger partial charge on any atom is -0.455 e. The van der Waals surface area contributed by atoms with Crippen LogP contribution >= 0.6 is 0 Å². The Bertz CT molecular complexity index is 8380. The van der Waals surface area contributed by atoms with E-state index < -0.39 is 10.8 Å². The molecule has 126 heavy (non-hydrogen) atoms. The van der Waals surface area contributed by atoms with Gasteiger partial charge in [0.15, 0.2) is 0 Å². The summed E-state index contributed by atoms with van der Waals surface area (Å²) in [6.45, 7) is 0. The molecule has 4 nitrogen and oxygen atoms in total. The molecule has 0 fully saturated rings. The summed E-state index contributed by atoms with van der Waals surface area (Å²) in [5, 5.41) is 18.9. The minimum absolute atomic E-state index is 0.539. The van der Waals surface area contributed by atoms with E-state index in [0.29, 0.717) is 0 Å². The van der Waals surface area contributed by atoms with Crippen molar-refractivity contribution in [1.29, 1.82) is 0 Å². The Morgan fingerprint density at radius 2 is 0.563 bits per heavy atom. The molecule has 2 heterocycles. The van der Waals surface area contributed by atoms with Crippen LogP contribution in [0.4, 0.5) is 34.1 Å². The largest absolute Gasteiger partial charge is 0.455 e. The second-order valence-corrected chi connectivity index (χ2v) is 33.5. The minimum atomic E-state index is -0.543. The van der Waals surface area contributed by atoms with Crippen molar-refractivity contribution in [2.24, 2.45) is 0 Å². The topological polar surface area (TPSA) is 32.8 Å². The third kappa shape index (κ3) is 11.1. The van der Waals surface area contributed by atoms with Crippen LogP contribution in [0.25, 0.3) is 153 Å². The van der Waals surface area contributed by atoms with Crippen molar-refractivity contribution in [3.05, 3.63) is 518 Å². The summed E-state index contributed by atoms with van der Waals surface area (Å²) < 4.78 is 13.7. The molecule has 0 atom stereocenters. The second-order valence-electron chi connectivity index (χ2n) is 33.5. The summed E-state index contributed by atoms with van der Waals surface area (Å²) in [6.07, 6.45) is 0. The van der Waals surface area contributed by atoms with E-state index in [9.17, 15) is 0 Å². The Morgan fingerprint density at radius 1 is 0.183 bits per heavy atom. The van der Waals surface area contributed by atoms with E-state index in [2.05, 4.69) is 483 Å². The van der Waals surface area contributed by atoms with Gasteiger partial charge >= 0.3 is 0 Å². The number of nitrogens with zero attached hydrogens (tertiary/aromatic N) is 2. The molecule has 4 heteroatoms. The molecule has 0 radical (unpaired) electrons. The first kappa shape index (κ1) is 72.4. The Morgan fingerprint density at radius 3 is 1.14 bits per heavy atom. The number of fused-ring (bicyclic) bond motifs is 22. The average Bonchev–Trinajstić information content (AvgIpc) is 1.53. The molecule has 2 aliphatic rings. The molecular formula is C122H78N2O2. The van der Waals surface area contributed by atoms with Gasteiger partial charge in [0.05, 0.1) is 38.7 Å². The van der Waals surface area contributed by atoms with E-state index in [1.807, 2.05) is 0 Å². The van der Waals surface area contributed by atoms with E-state index in [4.69, 9.17) is 8.83 Å². The molecule has 0 unspecified atom stereocenters. The molecule has 2 aromatic heterocycles. The van der Waals surface area contributed by atoms with Crippen LogP contribution in [0.15, 0.2) is 482 Å². The fraction of sp³-hybridized carbons (Fsp3) is 0.0164. The zero-order valence-electron chi connectivity index (χ0n) is 68.7. The zero-order valence-corrected chi connectivity index (χ0v) is 68.7. The van der Waals surface area contributed by atoms with Gasteiger partial charge in [-0.25, -0.2) is 0 Å². The summed E-state index contributed by atoms with van der Waals surface area (Å²) in [5.41, 5.74) is 28.7. The lowest BCUT2D eigenvalue weighted by atomic mass is 9.67. The molecule has 24 aromatic rings. The van der Waals surface area contributed by atoms with Gasteiger partial charge in [0.2, 0.25) is 0 Å². The lowest BCUT2D eigenvalue weighted by Gasteiger charge is -2.35. The van der Waals surface area contributed by atoms with Gasteiger partial charge in [0.25, 0.3) is 0 Å². The maximum atomic E-state index is 6.84. The van der Waals surface area contributed by atoms with E-state index in [1.165, 1.54) is 132 Å². The highest BCUT2D eigenvalue weighted by atomic mass is 16.3. The van der Waals surface area contributed by atoms with Gasteiger partial charge < -0.3 is 18.6 Å².